The molecule has 42 heavy (non-hydrogen) atoms. The van der Waals surface area contributed by atoms with E-state index in [0.29, 0.717) is 17.5 Å². The van der Waals surface area contributed by atoms with Crippen molar-refractivity contribution in [3.63, 3.8) is 0 Å². The predicted octanol–water partition coefficient (Wildman–Crippen LogP) is 5.00. The summed E-state index contributed by atoms with van der Waals surface area (Å²) in [4.78, 5) is 42.8. The first kappa shape index (κ1) is 30.3. The summed E-state index contributed by atoms with van der Waals surface area (Å²) in [7, 11) is 0. The van der Waals surface area contributed by atoms with Crippen LogP contribution in [0.2, 0.25) is 0 Å². The summed E-state index contributed by atoms with van der Waals surface area (Å²) in [5.41, 5.74) is 2.00. The van der Waals surface area contributed by atoms with E-state index < -0.39 is 47.4 Å². The number of rotatable bonds is 10. The van der Waals surface area contributed by atoms with Crippen molar-refractivity contribution in [1.82, 2.24) is 25.2 Å². The van der Waals surface area contributed by atoms with E-state index in [4.69, 9.17) is 0 Å². The van der Waals surface area contributed by atoms with Crippen molar-refractivity contribution in [2.24, 2.45) is 0 Å². The standard InChI is InChI=1S/C31H33F2N5O4/c1-6-8-24(36-29(41)21-9-7-10-38-28(21)34-16-35-38)30(42)37-31(5,15-25(39)40)22-13-20(14-23(32)27(22)33)26-18(3)11-17(2)12-19(26)4/h7,9-14,16,24H,6,8,15H2,1-5H3,(H,36,41)(H,37,42)(H,39,40)/t24-,31-/m0/s1. The van der Waals surface area contributed by atoms with E-state index in [0.717, 1.165) is 22.8 Å². The lowest BCUT2D eigenvalue weighted by Crippen LogP contribution is -2.54. The number of nitrogens with zero attached hydrogens (tertiary/aromatic N) is 3. The number of pyridine rings is 1. The van der Waals surface area contributed by atoms with Gasteiger partial charge in [0.1, 0.15) is 12.4 Å². The Bertz CT molecular complexity index is 1660. The summed E-state index contributed by atoms with van der Waals surface area (Å²) in [5.74, 6) is -5.10. The molecule has 3 N–H and O–H groups in total. The van der Waals surface area contributed by atoms with Crippen molar-refractivity contribution in [2.75, 3.05) is 0 Å². The number of halogens is 2. The summed E-state index contributed by atoms with van der Waals surface area (Å²) in [6.07, 6.45) is 2.87. The smallest absolute Gasteiger partial charge is 0.306 e. The lowest BCUT2D eigenvalue weighted by atomic mass is 9.84. The highest BCUT2D eigenvalue weighted by Crippen LogP contribution is 2.36. The van der Waals surface area contributed by atoms with Crippen LogP contribution in [0.15, 0.2) is 48.9 Å². The molecule has 4 rings (SSSR count). The number of benzene rings is 2. The van der Waals surface area contributed by atoms with Gasteiger partial charge in [-0.05, 0) is 80.6 Å². The average Bonchev–Trinajstić information content (AvgIpc) is 3.38. The van der Waals surface area contributed by atoms with Crippen molar-refractivity contribution < 1.29 is 28.3 Å². The van der Waals surface area contributed by atoms with E-state index in [-0.39, 0.29) is 23.2 Å². The van der Waals surface area contributed by atoms with Crippen LogP contribution in [-0.4, -0.2) is 43.5 Å². The van der Waals surface area contributed by atoms with Crippen molar-refractivity contribution in [2.45, 2.75) is 65.5 Å². The third-order valence-electron chi connectivity index (χ3n) is 7.24. The van der Waals surface area contributed by atoms with Crippen LogP contribution in [0.25, 0.3) is 16.8 Å². The first-order valence-electron chi connectivity index (χ1n) is 13.6. The van der Waals surface area contributed by atoms with E-state index in [2.05, 4.69) is 20.7 Å². The van der Waals surface area contributed by atoms with Gasteiger partial charge in [0, 0.05) is 11.8 Å². The highest BCUT2D eigenvalue weighted by atomic mass is 19.2. The zero-order valence-corrected chi connectivity index (χ0v) is 24.1. The van der Waals surface area contributed by atoms with Gasteiger partial charge in [-0.25, -0.2) is 18.3 Å². The fourth-order valence-corrected chi connectivity index (χ4v) is 5.46. The van der Waals surface area contributed by atoms with Crippen LogP contribution in [-0.2, 0) is 15.1 Å². The Kier molecular flexibility index (Phi) is 8.70. The molecule has 0 aliphatic rings. The molecule has 9 nitrogen and oxygen atoms in total. The van der Waals surface area contributed by atoms with Crippen molar-refractivity contribution >= 4 is 23.4 Å². The fourth-order valence-electron chi connectivity index (χ4n) is 5.46. The van der Waals surface area contributed by atoms with Crippen LogP contribution in [0.3, 0.4) is 0 Å². The van der Waals surface area contributed by atoms with Gasteiger partial charge in [0.2, 0.25) is 5.91 Å². The van der Waals surface area contributed by atoms with Crippen molar-refractivity contribution in [1.29, 1.82) is 0 Å². The average molecular weight is 578 g/mol. The molecule has 2 amide bonds. The number of carboxylic acid groups (broad SMARTS) is 1. The third kappa shape index (κ3) is 6.14. The zero-order chi connectivity index (χ0) is 30.8. The molecule has 0 fully saturated rings. The Morgan fingerprint density at radius 3 is 2.43 bits per heavy atom. The number of aryl methyl sites for hydroxylation is 3. The molecule has 0 unspecified atom stereocenters. The molecular formula is C31H33F2N5O4. The second kappa shape index (κ2) is 12.1. The van der Waals surface area contributed by atoms with Gasteiger partial charge in [-0.1, -0.05) is 31.0 Å². The molecule has 0 saturated carbocycles. The minimum atomic E-state index is -1.86. The number of amides is 2. The maximum atomic E-state index is 15.5. The molecule has 0 saturated heterocycles. The normalized spacial score (nSPS) is 13.4. The number of fused-ring (bicyclic) bond motifs is 1. The number of aliphatic carboxylic acids is 1. The van der Waals surface area contributed by atoms with E-state index in [9.17, 15) is 19.5 Å². The Labute approximate surface area is 242 Å². The number of hydrogen-bond acceptors (Lipinski definition) is 5. The molecule has 2 heterocycles. The van der Waals surface area contributed by atoms with Crippen LogP contribution in [0.1, 0.15) is 65.7 Å². The Morgan fingerprint density at radius 2 is 1.79 bits per heavy atom. The lowest BCUT2D eigenvalue weighted by molar-refractivity contribution is -0.139. The molecule has 2 aromatic carbocycles. The van der Waals surface area contributed by atoms with E-state index in [1.54, 1.807) is 12.3 Å². The molecular weight excluding hydrogens is 544 g/mol. The number of nitrogens with one attached hydrogen (secondary N) is 2. The van der Waals surface area contributed by atoms with Crippen LogP contribution in [0.5, 0.6) is 0 Å². The Morgan fingerprint density at radius 1 is 1.10 bits per heavy atom. The van der Waals surface area contributed by atoms with E-state index >= 15 is 8.78 Å². The Hall–Kier alpha value is -4.67. The third-order valence-corrected chi connectivity index (χ3v) is 7.24. The first-order chi connectivity index (χ1) is 19.8. The second-order valence-corrected chi connectivity index (χ2v) is 10.8. The molecule has 2 atom stereocenters. The van der Waals surface area contributed by atoms with Crippen molar-refractivity contribution in [3.05, 3.63) is 88.4 Å². The largest absolute Gasteiger partial charge is 0.481 e. The van der Waals surface area contributed by atoms with Crippen LogP contribution in [0, 0.1) is 32.4 Å². The number of carbonyl (C=O) groups is 3. The quantitative estimate of drug-likeness (QED) is 0.244. The minimum Gasteiger partial charge on any atom is -0.481 e. The van der Waals surface area contributed by atoms with Gasteiger partial charge in [0.05, 0.1) is 17.5 Å². The van der Waals surface area contributed by atoms with Gasteiger partial charge in [-0.15, -0.1) is 0 Å². The van der Waals surface area contributed by atoms with Gasteiger partial charge in [-0.2, -0.15) is 5.10 Å². The van der Waals surface area contributed by atoms with Gasteiger partial charge < -0.3 is 15.7 Å². The molecule has 4 aromatic rings. The number of carbonyl (C=O) groups excluding carboxylic acids is 2. The molecule has 220 valence electrons. The summed E-state index contributed by atoms with van der Waals surface area (Å²) >= 11 is 0. The molecule has 0 bridgehead atoms. The Balaban J connectivity index is 1.72. The number of aromatic nitrogens is 3. The van der Waals surface area contributed by atoms with Gasteiger partial charge >= 0.3 is 5.97 Å². The van der Waals surface area contributed by atoms with Crippen molar-refractivity contribution in [3.8, 4) is 11.1 Å². The predicted molar refractivity (Wildman–Crippen MR) is 153 cm³/mol. The first-order valence-corrected chi connectivity index (χ1v) is 13.6. The number of hydrogen-bond donors (Lipinski definition) is 3. The molecule has 2 aromatic heterocycles. The lowest BCUT2D eigenvalue weighted by Gasteiger charge is -2.33. The van der Waals surface area contributed by atoms with Crippen LogP contribution in [0.4, 0.5) is 8.78 Å². The maximum Gasteiger partial charge on any atom is 0.306 e. The molecule has 0 aliphatic heterocycles. The zero-order valence-electron chi connectivity index (χ0n) is 24.1. The topological polar surface area (TPSA) is 126 Å². The highest BCUT2D eigenvalue weighted by Gasteiger charge is 2.38. The molecule has 0 radical (unpaired) electrons. The summed E-state index contributed by atoms with van der Waals surface area (Å²) in [6.45, 7) is 8.78. The molecule has 0 aliphatic carbocycles. The molecule has 0 spiro atoms. The van der Waals surface area contributed by atoms with Gasteiger partial charge in [0.25, 0.3) is 5.91 Å². The van der Waals surface area contributed by atoms with E-state index in [1.165, 1.54) is 29.9 Å². The van der Waals surface area contributed by atoms with Crippen LogP contribution >= 0.6 is 0 Å². The number of carboxylic acids is 1. The monoisotopic (exact) mass is 577 g/mol. The summed E-state index contributed by atoms with van der Waals surface area (Å²) in [5, 5.41) is 19.1. The second-order valence-electron chi connectivity index (χ2n) is 10.8. The SMILES string of the molecule is CCC[C@H](NC(=O)c1cccn2ncnc12)C(=O)N[C@@](C)(CC(=O)O)c1cc(-c2c(C)cc(C)cc2C)cc(F)c1F. The van der Waals surface area contributed by atoms with Gasteiger partial charge in [0.15, 0.2) is 17.3 Å². The summed E-state index contributed by atoms with van der Waals surface area (Å²) in [6, 6.07) is 8.32. The fraction of sp³-hybridized carbons (Fsp3) is 0.323. The summed E-state index contributed by atoms with van der Waals surface area (Å²) < 4.78 is 32.0. The highest BCUT2D eigenvalue weighted by molar-refractivity contribution is 6.02. The van der Waals surface area contributed by atoms with Crippen LogP contribution < -0.4 is 10.6 Å². The molecule has 11 heteroatoms. The minimum absolute atomic E-state index is 0.182. The van der Waals surface area contributed by atoms with Gasteiger partial charge in [-0.3, -0.25) is 14.4 Å². The maximum absolute atomic E-state index is 15.5. The van der Waals surface area contributed by atoms with E-state index in [1.807, 2.05) is 39.8 Å².